The van der Waals surface area contributed by atoms with Crippen LogP contribution < -0.4 is 5.32 Å². The van der Waals surface area contributed by atoms with E-state index in [0.717, 1.165) is 10.9 Å². The van der Waals surface area contributed by atoms with E-state index in [1.807, 2.05) is 17.8 Å². The molecular weight excluding hydrogens is 270 g/mol. The van der Waals surface area contributed by atoms with Crippen LogP contribution in [0.15, 0.2) is 12.1 Å². The van der Waals surface area contributed by atoms with Crippen LogP contribution in [-0.2, 0) is 0 Å². The topological polar surface area (TPSA) is 12.0 Å². The van der Waals surface area contributed by atoms with E-state index >= 15 is 0 Å². The maximum atomic E-state index is 5.97. The molecule has 1 nitrogen and oxygen atoms in total. The standard InChI is InChI=1S/C13H20ClNS2/c1-10(11-5-6-12(14)17-11)15-9-13(16-2)7-3-4-8-13/h5-6,10,15H,3-4,7-9H2,1-2H3. The summed E-state index contributed by atoms with van der Waals surface area (Å²) in [6.07, 6.45) is 7.75. The fourth-order valence-corrected chi connectivity index (χ4v) is 4.49. The van der Waals surface area contributed by atoms with E-state index in [9.17, 15) is 0 Å². The van der Waals surface area contributed by atoms with Gasteiger partial charge in [0.2, 0.25) is 0 Å². The van der Waals surface area contributed by atoms with Crippen molar-refractivity contribution in [2.24, 2.45) is 0 Å². The van der Waals surface area contributed by atoms with E-state index in [1.54, 1.807) is 11.3 Å². The molecule has 1 aromatic rings. The Labute approximate surface area is 117 Å². The van der Waals surface area contributed by atoms with Crippen LogP contribution in [0.5, 0.6) is 0 Å². The third-order valence-electron chi connectivity index (χ3n) is 3.70. The Morgan fingerprint density at radius 2 is 2.18 bits per heavy atom. The van der Waals surface area contributed by atoms with Gasteiger partial charge >= 0.3 is 0 Å². The van der Waals surface area contributed by atoms with Crippen LogP contribution in [-0.4, -0.2) is 17.5 Å². The van der Waals surface area contributed by atoms with Crippen molar-refractivity contribution < 1.29 is 0 Å². The summed E-state index contributed by atoms with van der Waals surface area (Å²) in [6.45, 7) is 3.34. The molecule has 1 aliphatic rings. The number of thioether (sulfide) groups is 1. The minimum absolute atomic E-state index is 0.414. The third-order valence-corrected chi connectivity index (χ3v) is 6.53. The maximum absolute atomic E-state index is 5.97. The third kappa shape index (κ3) is 3.40. The first-order chi connectivity index (χ1) is 8.15. The molecule has 0 aromatic carbocycles. The smallest absolute Gasteiger partial charge is 0.0931 e. The highest BCUT2D eigenvalue weighted by Gasteiger charge is 2.32. The summed E-state index contributed by atoms with van der Waals surface area (Å²) in [5.74, 6) is 0. The Bertz CT molecular complexity index is 358. The average Bonchev–Trinajstić information content (AvgIpc) is 2.95. The van der Waals surface area contributed by atoms with Crippen molar-refractivity contribution in [3.63, 3.8) is 0 Å². The fraction of sp³-hybridized carbons (Fsp3) is 0.692. The number of thiophene rings is 1. The van der Waals surface area contributed by atoms with Crippen LogP contribution >= 0.6 is 34.7 Å². The van der Waals surface area contributed by atoms with E-state index < -0.39 is 0 Å². The SMILES string of the molecule is CSC1(CNC(C)c2ccc(Cl)s2)CCCC1. The van der Waals surface area contributed by atoms with Gasteiger partial charge in [-0.2, -0.15) is 11.8 Å². The zero-order valence-corrected chi connectivity index (χ0v) is 12.9. The average molecular weight is 290 g/mol. The quantitative estimate of drug-likeness (QED) is 0.841. The molecule has 4 heteroatoms. The Balaban J connectivity index is 1.89. The summed E-state index contributed by atoms with van der Waals surface area (Å²) in [4.78, 5) is 1.34. The molecule has 0 spiro atoms. The van der Waals surface area contributed by atoms with Gasteiger partial charge in [0.05, 0.1) is 4.34 Å². The van der Waals surface area contributed by atoms with E-state index in [-0.39, 0.29) is 0 Å². The first kappa shape index (κ1) is 13.7. The summed E-state index contributed by atoms with van der Waals surface area (Å²) < 4.78 is 1.36. The Hall–Kier alpha value is 0.300. The molecule has 0 radical (unpaired) electrons. The highest BCUT2D eigenvalue weighted by molar-refractivity contribution is 8.00. The van der Waals surface area contributed by atoms with Gasteiger partial charge in [-0.3, -0.25) is 0 Å². The monoisotopic (exact) mass is 289 g/mol. The molecule has 0 saturated heterocycles. The van der Waals surface area contributed by atoms with Gasteiger partial charge in [0.1, 0.15) is 0 Å². The lowest BCUT2D eigenvalue weighted by Crippen LogP contribution is -2.36. The molecular formula is C13H20ClNS2. The Morgan fingerprint density at radius 1 is 1.47 bits per heavy atom. The van der Waals surface area contributed by atoms with Crippen LogP contribution in [0.4, 0.5) is 0 Å². The largest absolute Gasteiger partial charge is 0.308 e. The van der Waals surface area contributed by atoms with Gasteiger partial charge in [0, 0.05) is 22.2 Å². The lowest BCUT2D eigenvalue weighted by Gasteiger charge is -2.28. The van der Waals surface area contributed by atoms with Gasteiger partial charge in [-0.05, 0) is 38.2 Å². The summed E-state index contributed by atoms with van der Waals surface area (Å²) in [5.41, 5.74) is 0. The normalized spacial score (nSPS) is 20.6. The van der Waals surface area contributed by atoms with Crippen molar-refractivity contribution >= 4 is 34.7 Å². The van der Waals surface area contributed by atoms with E-state index in [1.165, 1.54) is 30.6 Å². The molecule has 1 N–H and O–H groups in total. The molecule has 1 aromatic heterocycles. The summed E-state index contributed by atoms with van der Waals surface area (Å²) in [6, 6.07) is 4.53. The van der Waals surface area contributed by atoms with Gasteiger partial charge in [0.15, 0.2) is 0 Å². The van der Waals surface area contributed by atoms with E-state index in [0.29, 0.717) is 10.8 Å². The lowest BCUT2D eigenvalue weighted by atomic mass is 10.1. The predicted octanol–water partition coefficient (Wildman–Crippen LogP) is 4.73. The number of hydrogen-bond acceptors (Lipinski definition) is 3. The molecule has 0 aliphatic heterocycles. The number of halogens is 1. The molecule has 17 heavy (non-hydrogen) atoms. The first-order valence-electron chi connectivity index (χ1n) is 6.19. The number of rotatable bonds is 5. The molecule has 1 atom stereocenters. The Kier molecular flexibility index (Phi) is 4.81. The summed E-state index contributed by atoms with van der Waals surface area (Å²) in [5, 5.41) is 3.68. The van der Waals surface area contributed by atoms with Gasteiger partial charge in [-0.15, -0.1) is 11.3 Å². The van der Waals surface area contributed by atoms with Crippen LogP contribution in [0, 0.1) is 0 Å². The highest BCUT2D eigenvalue weighted by Crippen LogP contribution is 2.40. The molecule has 96 valence electrons. The number of nitrogens with one attached hydrogen (secondary N) is 1. The van der Waals surface area contributed by atoms with Crippen molar-refractivity contribution in [1.29, 1.82) is 0 Å². The van der Waals surface area contributed by atoms with Crippen molar-refractivity contribution in [1.82, 2.24) is 5.32 Å². The molecule has 1 fully saturated rings. The zero-order valence-electron chi connectivity index (χ0n) is 10.5. The summed E-state index contributed by atoms with van der Waals surface area (Å²) in [7, 11) is 0. The number of hydrogen-bond donors (Lipinski definition) is 1. The second kappa shape index (κ2) is 5.96. The fourth-order valence-electron chi connectivity index (χ4n) is 2.47. The Morgan fingerprint density at radius 3 is 2.71 bits per heavy atom. The van der Waals surface area contributed by atoms with Crippen LogP contribution in [0.1, 0.15) is 43.5 Å². The second-order valence-electron chi connectivity index (χ2n) is 4.84. The molecule has 0 bridgehead atoms. The van der Waals surface area contributed by atoms with Gasteiger partial charge in [-0.1, -0.05) is 24.4 Å². The maximum Gasteiger partial charge on any atom is 0.0931 e. The lowest BCUT2D eigenvalue weighted by molar-refractivity contribution is 0.490. The van der Waals surface area contributed by atoms with Gasteiger partial charge in [0.25, 0.3) is 0 Å². The van der Waals surface area contributed by atoms with Crippen molar-refractivity contribution in [3.8, 4) is 0 Å². The van der Waals surface area contributed by atoms with Crippen LogP contribution in [0.3, 0.4) is 0 Å². The van der Waals surface area contributed by atoms with Crippen molar-refractivity contribution in [2.75, 3.05) is 12.8 Å². The molecule has 0 amide bonds. The van der Waals surface area contributed by atoms with E-state index in [4.69, 9.17) is 11.6 Å². The molecule has 1 heterocycles. The molecule has 1 unspecified atom stereocenters. The van der Waals surface area contributed by atoms with Crippen molar-refractivity contribution in [3.05, 3.63) is 21.3 Å². The minimum atomic E-state index is 0.414. The zero-order chi connectivity index (χ0) is 12.3. The summed E-state index contributed by atoms with van der Waals surface area (Å²) >= 11 is 9.69. The minimum Gasteiger partial charge on any atom is -0.308 e. The van der Waals surface area contributed by atoms with Crippen molar-refractivity contribution in [2.45, 2.75) is 43.4 Å². The van der Waals surface area contributed by atoms with E-state index in [2.05, 4.69) is 24.6 Å². The first-order valence-corrected chi connectivity index (χ1v) is 8.61. The van der Waals surface area contributed by atoms with Crippen LogP contribution in [0.2, 0.25) is 4.34 Å². The van der Waals surface area contributed by atoms with Gasteiger partial charge < -0.3 is 5.32 Å². The molecule has 1 aliphatic carbocycles. The molecule has 1 saturated carbocycles. The predicted molar refractivity (Wildman–Crippen MR) is 80.5 cm³/mol. The molecule has 2 rings (SSSR count). The van der Waals surface area contributed by atoms with Gasteiger partial charge in [-0.25, -0.2) is 0 Å². The second-order valence-corrected chi connectivity index (χ2v) is 7.86. The van der Waals surface area contributed by atoms with Crippen LogP contribution in [0.25, 0.3) is 0 Å². The highest BCUT2D eigenvalue weighted by atomic mass is 35.5.